The summed E-state index contributed by atoms with van der Waals surface area (Å²) in [5.41, 5.74) is -0.691. The summed E-state index contributed by atoms with van der Waals surface area (Å²) in [4.78, 5) is 16.3. The Kier molecular flexibility index (Phi) is 3.05. The molecule has 2 aliphatic carbocycles. The van der Waals surface area contributed by atoms with Gasteiger partial charge in [0, 0.05) is 7.11 Å². The minimum Gasteiger partial charge on any atom is -0.465 e. The lowest BCUT2D eigenvalue weighted by molar-refractivity contribution is -0.146. The maximum atomic E-state index is 11.9. The van der Waals surface area contributed by atoms with Crippen LogP contribution in [-0.2, 0) is 19.7 Å². The van der Waals surface area contributed by atoms with Crippen LogP contribution in [0.4, 0.5) is 0 Å². The molecule has 1 atom stereocenters. The van der Waals surface area contributed by atoms with Gasteiger partial charge in [-0.25, -0.2) is 0 Å². The van der Waals surface area contributed by atoms with E-state index in [9.17, 15) is 4.79 Å². The molecule has 0 saturated heterocycles. The Balaban J connectivity index is 1.79. The Morgan fingerprint density at radius 2 is 2.26 bits per heavy atom. The molecule has 0 spiro atoms. The highest BCUT2D eigenvalue weighted by Crippen LogP contribution is 2.49. The van der Waals surface area contributed by atoms with E-state index in [1.807, 2.05) is 0 Å². The fourth-order valence-corrected chi connectivity index (χ4v) is 2.35. The number of carbonyl (C=O) groups excluding carboxylic acids is 1. The number of hydrogen-bond acceptors (Lipinski definition) is 6. The number of ether oxygens (including phenoxy) is 2. The highest BCUT2D eigenvalue weighted by molar-refractivity contribution is 5.85. The standard InChI is InChI=1S/C13H18N2O4/c1-3-18-12(16)13(6-7-13)11-14-10(15-19-11)9(17-2)8-4-5-8/h8-9H,3-7H2,1-2H3. The molecule has 0 amide bonds. The molecule has 0 aliphatic heterocycles. The van der Waals surface area contributed by atoms with Gasteiger partial charge >= 0.3 is 5.97 Å². The van der Waals surface area contributed by atoms with Gasteiger partial charge in [-0.15, -0.1) is 0 Å². The van der Waals surface area contributed by atoms with Gasteiger partial charge in [0.15, 0.2) is 0 Å². The number of esters is 1. The van der Waals surface area contributed by atoms with Crippen molar-refractivity contribution in [3.63, 3.8) is 0 Å². The van der Waals surface area contributed by atoms with Crippen LogP contribution in [0.3, 0.4) is 0 Å². The molecule has 104 valence electrons. The predicted octanol–water partition coefficient (Wildman–Crippen LogP) is 1.76. The van der Waals surface area contributed by atoms with Crippen LogP contribution in [0.2, 0.25) is 0 Å². The summed E-state index contributed by atoms with van der Waals surface area (Å²) in [7, 11) is 1.65. The van der Waals surface area contributed by atoms with E-state index < -0.39 is 5.41 Å². The number of aromatic nitrogens is 2. The molecule has 19 heavy (non-hydrogen) atoms. The number of carbonyl (C=O) groups is 1. The fourth-order valence-electron chi connectivity index (χ4n) is 2.35. The molecule has 2 aliphatic rings. The van der Waals surface area contributed by atoms with Crippen molar-refractivity contribution in [2.45, 2.75) is 44.1 Å². The van der Waals surface area contributed by atoms with Crippen LogP contribution in [0.25, 0.3) is 0 Å². The second kappa shape index (κ2) is 4.59. The van der Waals surface area contributed by atoms with E-state index in [0.717, 1.165) is 12.8 Å². The molecule has 2 saturated carbocycles. The van der Waals surface area contributed by atoms with E-state index in [1.54, 1.807) is 14.0 Å². The Morgan fingerprint density at radius 3 is 2.79 bits per heavy atom. The molecule has 0 radical (unpaired) electrons. The van der Waals surface area contributed by atoms with Crippen molar-refractivity contribution >= 4 is 5.97 Å². The van der Waals surface area contributed by atoms with Crippen molar-refractivity contribution in [2.75, 3.05) is 13.7 Å². The van der Waals surface area contributed by atoms with E-state index >= 15 is 0 Å². The van der Waals surface area contributed by atoms with Crippen molar-refractivity contribution in [3.8, 4) is 0 Å². The Morgan fingerprint density at radius 1 is 1.53 bits per heavy atom. The summed E-state index contributed by atoms with van der Waals surface area (Å²) >= 11 is 0. The summed E-state index contributed by atoms with van der Waals surface area (Å²) in [5, 5.41) is 3.98. The minimum absolute atomic E-state index is 0.115. The third-order valence-electron chi connectivity index (χ3n) is 3.83. The minimum atomic E-state index is -0.691. The van der Waals surface area contributed by atoms with Gasteiger partial charge in [-0.2, -0.15) is 4.98 Å². The zero-order valence-corrected chi connectivity index (χ0v) is 11.2. The second-order valence-electron chi connectivity index (χ2n) is 5.25. The van der Waals surface area contributed by atoms with E-state index in [1.165, 1.54) is 0 Å². The number of nitrogens with zero attached hydrogens (tertiary/aromatic N) is 2. The zero-order chi connectivity index (χ0) is 13.5. The average molecular weight is 266 g/mol. The summed E-state index contributed by atoms with van der Waals surface area (Å²) < 4.78 is 15.8. The van der Waals surface area contributed by atoms with Crippen LogP contribution >= 0.6 is 0 Å². The topological polar surface area (TPSA) is 74.5 Å². The first-order chi connectivity index (χ1) is 9.21. The maximum absolute atomic E-state index is 11.9. The molecule has 3 rings (SSSR count). The van der Waals surface area contributed by atoms with E-state index in [2.05, 4.69) is 10.1 Å². The summed E-state index contributed by atoms with van der Waals surface area (Å²) in [6.07, 6.45) is 3.58. The van der Waals surface area contributed by atoms with Crippen molar-refractivity contribution in [1.29, 1.82) is 0 Å². The van der Waals surface area contributed by atoms with Gasteiger partial charge in [0.1, 0.15) is 11.5 Å². The lowest BCUT2D eigenvalue weighted by atomic mass is 10.1. The summed E-state index contributed by atoms with van der Waals surface area (Å²) in [5.74, 6) is 1.15. The Hall–Kier alpha value is -1.43. The van der Waals surface area contributed by atoms with E-state index in [-0.39, 0.29) is 12.1 Å². The summed E-state index contributed by atoms with van der Waals surface area (Å²) in [6.45, 7) is 2.16. The van der Waals surface area contributed by atoms with Gasteiger partial charge < -0.3 is 14.0 Å². The Labute approximate surface area is 111 Å². The van der Waals surface area contributed by atoms with Crippen LogP contribution in [0.1, 0.15) is 50.4 Å². The van der Waals surface area contributed by atoms with Crippen molar-refractivity contribution < 1.29 is 18.8 Å². The van der Waals surface area contributed by atoms with Crippen LogP contribution in [0.5, 0.6) is 0 Å². The van der Waals surface area contributed by atoms with Gasteiger partial charge in [-0.3, -0.25) is 4.79 Å². The quantitative estimate of drug-likeness (QED) is 0.730. The van der Waals surface area contributed by atoms with Crippen molar-refractivity contribution in [1.82, 2.24) is 10.1 Å². The number of methoxy groups -OCH3 is 1. The largest absolute Gasteiger partial charge is 0.465 e. The molecule has 1 aromatic rings. The molecular weight excluding hydrogens is 248 g/mol. The maximum Gasteiger partial charge on any atom is 0.321 e. The molecule has 0 N–H and O–H groups in total. The lowest BCUT2D eigenvalue weighted by Crippen LogP contribution is -2.23. The second-order valence-corrected chi connectivity index (χ2v) is 5.25. The first kappa shape index (κ1) is 12.6. The number of hydrogen-bond donors (Lipinski definition) is 0. The zero-order valence-electron chi connectivity index (χ0n) is 11.2. The third kappa shape index (κ3) is 2.14. The Bertz CT molecular complexity index is 477. The van der Waals surface area contributed by atoms with Gasteiger partial charge in [-0.1, -0.05) is 5.16 Å². The monoisotopic (exact) mass is 266 g/mol. The van der Waals surface area contributed by atoms with Gasteiger partial charge in [0.05, 0.1) is 6.61 Å². The summed E-state index contributed by atoms with van der Waals surface area (Å²) in [6, 6.07) is 0. The molecule has 0 aromatic carbocycles. The predicted molar refractivity (Wildman–Crippen MR) is 64.3 cm³/mol. The van der Waals surface area contributed by atoms with Gasteiger partial charge in [-0.05, 0) is 38.5 Å². The molecule has 0 bridgehead atoms. The van der Waals surface area contributed by atoms with Crippen molar-refractivity contribution in [2.24, 2.45) is 5.92 Å². The lowest BCUT2D eigenvalue weighted by Gasteiger charge is -2.09. The molecule has 2 fully saturated rings. The van der Waals surface area contributed by atoms with Crippen LogP contribution in [0, 0.1) is 5.92 Å². The fraction of sp³-hybridized carbons (Fsp3) is 0.769. The van der Waals surface area contributed by atoms with E-state index in [0.29, 0.717) is 37.1 Å². The van der Waals surface area contributed by atoms with Crippen LogP contribution < -0.4 is 0 Å². The van der Waals surface area contributed by atoms with Gasteiger partial charge in [0.25, 0.3) is 0 Å². The molecule has 1 heterocycles. The first-order valence-electron chi connectivity index (χ1n) is 6.75. The van der Waals surface area contributed by atoms with Gasteiger partial charge in [0.2, 0.25) is 11.7 Å². The number of rotatable bonds is 6. The third-order valence-corrected chi connectivity index (χ3v) is 3.83. The smallest absolute Gasteiger partial charge is 0.321 e. The van der Waals surface area contributed by atoms with E-state index in [4.69, 9.17) is 14.0 Å². The molecule has 1 unspecified atom stereocenters. The molecular formula is C13H18N2O4. The highest BCUT2D eigenvalue weighted by atomic mass is 16.5. The SMILES string of the molecule is CCOC(=O)C1(c2nc(C(OC)C3CC3)no2)CC1. The molecule has 6 nitrogen and oxygen atoms in total. The first-order valence-corrected chi connectivity index (χ1v) is 6.75. The van der Waals surface area contributed by atoms with Crippen molar-refractivity contribution in [3.05, 3.63) is 11.7 Å². The molecule has 6 heteroatoms. The average Bonchev–Trinajstić information content (AvgIpc) is 3.31. The van der Waals surface area contributed by atoms with Crippen LogP contribution in [0.15, 0.2) is 4.52 Å². The normalized spacial score (nSPS) is 22.0. The molecule has 1 aromatic heterocycles. The van der Waals surface area contributed by atoms with Crippen LogP contribution in [-0.4, -0.2) is 29.8 Å². The highest BCUT2D eigenvalue weighted by Gasteiger charge is 2.58.